The summed E-state index contributed by atoms with van der Waals surface area (Å²) in [6, 6.07) is 0. The summed E-state index contributed by atoms with van der Waals surface area (Å²) in [5, 5.41) is 18.8. The van der Waals surface area contributed by atoms with E-state index in [1.807, 2.05) is 0 Å². The Balaban J connectivity index is 1.87. The number of carbonyl (C=O) groups is 1. The molecule has 17 heavy (non-hydrogen) atoms. The van der Waals surface area contributed by atoms with Crippen LogP contribution in [-0.2, 0) is 0 Å². The molecule has 1 aliphatic carbocycles. The first-order valence-corrected chi connectivity index (χ1v) is 5.78. The molecule has 0 spiro atoms. The average molecular weight is 239 g/mol. The molecule has 1 saturated carbocycles. The molecule has 1 aromatic rings. The molecule has 2 rings (SSSR count). The normalized spacial score (nSPS) is 18.9. The first kappa shape index (κ1) is 11.8. The fourth-order valence-corrected chi connectivity index (χ4v) is 2.09. The Hall–Kier alpha value is -1.63. The Labute approximate surface area is 98.8 Å². The van der Waals surface area contributed by atoms with E-state index < -0.39 is 11.5 Å². The number of aromatic nitrogens is 3. The summed E-state index contributed by atoms with van der Waals surface area (Å²) in [5.74, 6) is -0.290. The summed E-state index contributed by atoms with van der Waals surface area (Å²) in [5.41, 5.74) is 4.52. The fraction of sp³-hybridized carbons (Fsp3) is 0.700. The van der Waals surface area contributed by atoms with Gasteiger partial charge in [-0.1, -0.05) is 19.3 Å². The van der Waals surface area contributed by atoms with E-state index in [-0.39, 0.29) is 18.3 Å². The number of aromatic amines is 1. The van der Waals surface area contributed by atoms with Gasteiger partial charge in [0, 0.05) is 6.54 Å². The van der Waals surface area contributed by atoms with E-state index in [1.165, 1.54) is 0 Å². The van der Waals surface area contributed by atoms with E-state index in [4.69, 9.17) is 5.73 Å². The van der Waals surface area contributed by atoms with E-state index in [0.717, 1.165) is 32.1 Å². The topological polar surface area (TPSA) is 117 Å². The van der Waals surface area contributed by atoms with E-state index in [0.29, 0.717) is 0 Å². The Bertz CT molecular complexity index is 397. The molecule has 0 saturated heterocycles. The molecule has 1 heterocycles. The maximum absolute atomic E-state index is 11.6. The highest BCUT2D eigenvalue weighted by molar-refractivity contribution is 5.90. The predicted octanol–water partition coefficient (Wildman–Crippen LogP) is -0.188. The summed E-state index contributed by atoms with van der Waals surface area (Å²) < 4.78 is 0. The Morgan fingerprint density at radius 3 is 2.76 bits per heavy atom. The lowest BCUT2D eigenvalue weighted by molar-refractivity contribution is 0.00516. The molecule has 0 radical (unpaired) electrons. The van der Waals surface area contributed by atoms with Crippen LogP contribution in [0.15, 0.2) is 0 Å². The fourth-order valence-electron chi connectivity index (χ4n) is 2.09. The zero-order chi connectivity index (χ0) is 12.3. The quantitative estimate of drug-likeness (QED) is 0.583. The number of aliphatic hydroxyl groups is 1. The predicted molar refractivity (Wildman–Crippen MR) is 61.2 cm³/mol. The SMILES string of the molecule is Nc1n[nH]c(C(=O)NCC2(O)CCCCC2)n1. The second-order valence-electron chi connectivity index (χ2n) is 4.51. The average Bonchev–Trinajstić information content (AvgIpc) is 2.74. The number of rotatable bonds is 3. The first-order chi connectivity index (χ1) is 8.09. The van der Waals surface area contributed by atoms with Crippen LogP contribution in [0.4, 0.5) is 5.95 Å². The van der Waals surface area contributed by atoms with Gasteiger partial charge in [0.15, 0.2) is 0 Å². The van der Waals surface area contributed by atoms with Crippen molar-refractivity contribution >= 4 is 11.9 Å². The minimum Gasteiger partial charge on any atom is -0.388 e. The van der Waals surface area contributed by atoms with Crippen molar-refractivity contribution in [3.05, 3.63) is 5.82 Å². The van der Waals surface area contributed by atoms with E-state index >= 15 is 0 Å². The molecule has 1 amide bonds. The molecular formula is C10H17N5O2. The Morgan fingerprint density at radius 2 is 2.18 bits per heavy atom. The standard InChI is InChI=1S/C10H17N5O2/c11-9-13-7(14-15-9)8(16)12-6-10(17)4-2-1-3-5-10/h17H,1-6H2,(H,12,16)(H3,11,13,14,15). The van der Waals surface area contributed by atoms with Crippen molar-refractivity contribution in [2.24, 2.45) is 0 Å². The van der Waals surface area contributed by atoms with Crippen LogP contribution in [0.2, 0.25) is 0 Å². The highest BCUT2D eigenvalue weighted by Crippen LogP contribution is 2.27. The highest BCUT2D eigenvalue weighted by atomic mass is 16.3. The molecule has 5 N–H and O–H groups in total. The van der Waals surface area contributed by atoms with E-state index in [9.17, 15) is 9.90 Å². The molecule has 7 heteroatoms. The molecule has 0 atom stereocenters. The van der Waals surface area contributed by atoms with Gasteiger partial charge in [-0.25, -0.2) is 0 Å². The lowest BCUT2D eigenvalue weighted by Crippen LogP contribution is -2.44. The minimum absolute atomic E-state index is 0.0338. The van der Waals surface area contributed by atoms with Gasteiger partial charge in [0.1, 0.15) is 0 Å². The number of nitrogens with zero attached hydrogens (tertiary/aromatic N) is 2. The third kappa shape index (κ3) is 2.94. The number of nitrogens with two attached hydrogens (primary N) is 1. The van der Waals surface area contributed by atoms with Gasteiger partial charge >= 0.3 is 0 Å². The van der Waals surface area contributed by atoms with Gasteiger partial charge in [-0.3, -0.25) is 9.89 Å². The number of H-pyrrole nitrogens is 1. The van der Waals surface area contributed by atoms with Crippen LogP contribution in [0, 0.1) is 0 Å². The number of hydrogen-bond donors (Lipinski definition) is 4. The number of hydrogen-bond acceptors (Lipinski definition) is 5. The van der Waals surface area contributed by atoms with Gasteiger partial charge in [0.05, 0.1) is 5.60 Å². The molecule has 94 valence electrons. The summed E-state index contributed by atoms with van der Waals surface area (Å²) in [7, 11) is 0. The number of nitrogen functional groups attached to an aromatic ring is 1. The molecule has 0 unspecified atom stereocenters. The first-order valence-electron chi connectivity index (χ1n) is 5.78. The van der Waals surface area contributed by atoms with Crippen molar-refractivity contribution in [1.29, 1.82) is 0 Å². The van der Waals surface area contributed by atoms with Crippen LogP contribution >= 0.6 is 0 Å². The number of amides is 1. The van der Waals surface area contributed by atoms with Crippen LogP contribution in [0.5, 0.6) is 0 Å². The molecule has 1 fully saturated rings. The van der Waals surface area contributed by atoms with Crippen LogP contribution < -0.4 is 11.1 Å². The zero-order valence-corrected chi connectivity index (χ0v) is 9.57. The van der Waals surface area contributed by atoms with Gasteiger partial charge < -0.3 is 16.2 Å². The maximum Gasteiger partial charge on any atom is 0.288 e. The van der Waals surface area contributed by atoms with Crippen molar-refractivity contribution < 1.29 is 9.90 Å². The van der Waals surface area contributed by atoms with Crippen LogP contribution in [-0.4, -0.2) is 38.3 Å². The lowest BCUT2D eigenvalue weighted by Gasteiger charge is -2.31. The van der Waals surface area contributed by atoms with Gasteiger partial charge in [0.25, 0.3) is 5.91 Å². The Morgan fingerprint density at radius 1 is 1.47 bits per heavy atom. The molecule has 1 aromatic heterocycles. The van der Waals surface area contributed by atoms with Crippen molar-refractivity contribution in [3.8, 4) is 0 Å². The monoisotopic (exact) mass is 239 g/mol. The van der Waals surface area contributed by atoms with Crippen molar-refractivity contribution in [2.75, 3.05) is 12.3 Å². The maximum atomic E-state index is 11.6. The number of nitrogens with one attached hydrogen (secondary N) is 2. The molecule has 0 aliphatic heterocycles. The summed E-state index contributed by atoms with van der Waals surface area (Å²) >= 11 is 0. The number of anilines is 1. The van der Waals surface area contributed by atoms with Crippen molar-refractivity contribution in [2.45, 2.75) is 37.7 Å². The summed E-state index contributed by atoms with van der Waals surface area (Å²) in [6.45, 7) is 0.242. The smallest absolute Gasteiger partial charge is 0.288 e. The lowest BCUT2D eigenvalue weighted by atomic mass is 9.85. The van der Waals surface area contributed by atoms with Gasteiger partial charge in [-0.2, -0.15) is 4.98 Å². The van der Waals surface area contributed by atoms with Crippen molar-refractivity contribution in [1.82, 2.24) is 20.5 Å². The molecule has 1 aliphatic rings. The van der Waals surface area contributed by atoms with Crippen LogP contribution in [0.25, 0.3) is 0 Å². The number of carbonyl (C=O) groups excluding carboxylic acids is 1. The van der Waals surface area contributed by atoms with Gasteiger partial charge in [-0.15, -0.1) is 5.10 Å². The second kappa shape index (κ2) is 4.70. The molecule has 0 bridgehead atoms. The molecule has 7 nitrogen and oxygen atoms in total. The third-order valence-corrected chi connectivity index (χ3v) is 3.08. The summed E-state index contributed by atoms with van der Waals surface area (Å²) in [6.07, 6.45) is 4.61. The third-order valence-electron chi connectivity index (χ3n) is 3.08. The van der Waals surface area contributed by atoms with Gasteiger partial charge in [0.2, 0.25) is 11.8 Å². The van der Waals surface area contributed by atoms with Crippen LogP contribution in [0.1, 0.15) is 42.7 Å². The van der Waals surface area contributed by atoms with Crippen LogP contribution in [0.3, 0.4) is 0 Å². The van der Waals surface area contributed by atoms with E-state index in [2.05, 4.69) is 20.5 Å². The van der Waals surface area contributed by atoms with Crippen molar-refractivity contribution in [3.63, 3.8) is 0 Å². The van der Waals surface area contributed by atoms with E-state index in [1.54, 1.807) is 0 Å². The summed E-state index contributed by atoms with van der Waals surface area (Å²) in [4.78, 5) is 15.3. The second-order valence-corrected chi connectivity index (χ2v) is 4.51. The minimum atomic E-state index is -0.778. The Kier molecular flexibility index (Phi) is 3.28. The molecular weight excluding hydrogens is 222 g/mol. The largest absolute Gasteiger partial charge is 0.388 e. The molecule has 0 aromatic carbocycles. The van der Waals surface area contributed by atoms with Gasteiger partial charge in [-0.05, 0) is 12.8 Å². The zero-order valence-electron chi connectivity index (χ0n) is 9.57. The highest BCUT2D eigenvalue weighted by Gasteiger charge is 2.29.